The van der Waals surface area contributed by atoms with Gasteiger partial charge in [0.25, 0.3) is 0 Å². The summed E-state index contributed by atoms with van der Waals surface area (Å²) in [5.74, 6) is 0.380. The van der Waals surface area contributed by atoms with E-state index in [1.807, 2.05) is 0 Å². The molecule has 0 spiro atoms. The number of hydrogen-bond acceptors (Lipinski definition) is 5. The van der Waals surface area contributed by atoms with Crippen LogP contribution in [0.3, 0.4) is 0 Å². The Morgan fingerprint density at radius 3 is 1.67 bits per heavy atom. The van der Waals surface area contributed by atoms with Crippen molar-refractivity contribution in [3.8, 4) is 0 Å². The predicted octanol–water partition coefficient (Wildman–Crippen LogP) is 1.96. The number of carbonyl (C=O) groups is 2. The second-order valence-electron chi connectivity index (χ2n) is 7.11. The Morgan fingerprint density at radius 1 is 0.875 bits per heavy atom. The summed E-state index contributed by atoms with van der Waals surface area (Å²) >= 11 is 0. The summed E-state index contributed by atoms with van der Waals surface area (Å²) < 4.78 is 28.6. The summed E-state index contributed by atoms with van der Waals surface area (Å²) in [5.41, 5.74) is -1.53. The largest absolute Gasteiger partial charge is 0.481 e. The molecule has 142 valence electrons. The summed E-state index contributed by atoms with van der Waals surface area (Å²) in [4.78, 5) is 22.5. The Hall–Kier alpha value is -0.760. The van der Waals surface area contributed by atoms with Crippen molar-refractivity contribution in [1.82, 2.24) is 0 Å². The van der Waals surface area contributed by atoms with E-state index in [9.17, 15) is 18.0 Å². The van der Waals surface area contributed by atoms with E-state index in [0.29, 0.717) is 42.3 Å². The Kier molecular flexibility index (Phi) is 9.96. The highest BCUT2D eigenvalue weighted by Gasteiger charge is 2.29. The maximum Gasteiger partial charge on any atom is 0.311 e. The van der Waals surface area contributed by atoms with Crippen molar-refractivity contribution in [2.75, 3.05) is 30.1 Å². The number of methoxy groups -OCH3 is 1. The normalized spacial score (nSPS) is 14.9. The molecule has 0 heterocycles. The third kappa shape index (κ3) is 8.92. The second kappa shape index (κ2) is 10.3. The fourth-order valence-electron chi connectivity index (χ4n) is 1.81. The molecule has 0 amide bonds. The molecule has 0 fully saturated rings. The standard InChI is InChI=1S/C16H30O6S2/c1-15(2,13(17)18)7-11-23(20)9-6-10-24(21)12-8-16(3,4)14(19)22-5/h6-12H2,1-5H3,(H,17,18). The lowest BCUT2D eigenvalue weighted by atomic mass is 9.91. The number of ether oxygens (including phenoxy) is 1. The first-order valence-electron chi connectivity index (χ1n) is 7.94. The van der Waals surface area contributed by atoms with E-state index in [-0.39, 0.29) is 5.97 Å². The molecule has 0 saturated heterocycles. The van der Waals surface area contributed by atoms with E-state index >= 15 is 0 Å². The van der Waals surface area contributed by atoms with Crippen LogP contribution >= 0.6 is 0 Å². The predicted molar refractivity (Wildman–Crippen MR) is 96.8 cm³/mol. The molecule has 0 saturated carbocycles. The fraction of sp³-hybridized carbons (Fsp3) is 0.875. The quantitative estimate of drug-likeness (QED) is 0.518. The topological polar surface area (TPSA) is 97.7 Å². The summed E-state index contributed by atoms with van der Waals surface area (Å²) in [7, 11) is -0.832. The van der Waals surface area contributed by atoms with Crippen LogP contribution in [-0.4, -0.2) is 55.6 Å². The maximum absolute atomic E-state index is 12.0. The van der Waals surface area contributed by atoms with Crippen LogP contribution in [0.15, 0.2) is 0 Å². The zero-order valence-corrected chi connectivity index (χ0v) is 16.9. The van der Waals surface area contributed by atoms with Gasteiger partial charge in [0.15, 0.2) is 0 Å². The molecule has 24 heavy (non-hydrogen) atoms. The van der Waals surface area contributed by atoms with E-state index in [4.69, 9.17) is 9.84 Å². The van der Waals surface area contributed by atoms with Crippen LogP contribution in [-0.2, 0) is 35.9 Å². The Bertz CT molecular complexity index is 485. The van der Waals surface area contributed by atoms with E-state index in [0.717, 1.165) is 0 Å². The molecule has 0 aromatic heterocycles. The van der Waals surface area contributed by atoms with E-state index in [1.54, 1.807) is 27.7 Å². The number of aliphatic carboxylic acids is 1. The third-order valence-electron chi connectivity index (χ3n) is 3.97. The van der Waals surface area contributed by atoms with Crippen LogP contribution in [0.5, 0.6) is 0 Å². The van der Waals surface area contributed by atoms with Crippen LogP contribution in [0.1, 0.15) is 47.0 Å². The van der Waals surface area contributed by atoms with Crippen LogP contribution in [0.2, 0.25) is 0 Å². The molecule has 0 aliphatic rings. The molecule has 0 aromatic carbocycles. The maximum atomic E-state index is 12.0. The van der Waals surface area contributed by atoms with E-state index in [1.165, 1.54) is 7.11 Å². The van der Waals surface area contributed by atoms with Gasteiger partial charge in [-0.2, -0.15) is 0 Å². The molecule has 0 aliphatic heterocycles. The third-order valence-corrected chi connectivity index (χ3v) is 6.78. The van der Waals surface area contributed by atoms with Gasteiger partial charge in [0.2, 0.25) is 0 Å². The zero-order chi connectivity index (χ0) is 19.0. The molecule has 1 N–H and O–H groups in total. The van der Waals surface area contributed by atoms with Crippen LogP contribution < -0.4 is 0 Å². The van der Waals surface area contributed by atoms with Gasteiger partial charge in [0.1, 0.15) is 0 Å². The summed E-state index contributed by atoms with van der Waals surface area (Å²) in [6, 6.07) is 0. The van der Waals surface area contributed by atoms with Gasteiger partial charge in [-0.1, -0.05) is 0 Å². The van der Waals surface area contributed by atoms with Gasteiger partial charge in [-0.15, -0.1) is 0 Å². The monoisotopic (exact) mass is 382 g/mol. The summed E-state index contributed by atoms with van der Waals surface area (Å²) in [6.07, 6.45) is 1.39. The molecular formula is C16H30O6S2. The Balaban J connectivity index is 4.03. The smallest absolute Gasteiger partial charge is 0.311 e. The highest BCUT2D eigenvalue weighted by atomic mass is 32.2. The van der Waals surface area contributed by atoms with Crippen molar-refractivity contribution in [2.24, 2.45) is 10.8 Å². The first-order valence-corrected chi connectivity index (χ1v) is 10.9. The van der Waals surface area contributed by atoms with Crippen LogP contribution in [0.25, 0.3) is 0 Å². The Labute approximate surface area is 149 Å². The molecule has 0 radical (unpaired) electrons. The minimum Gasteiger partial charge on any atom is -0.481 e. The van der Waals surface area contributed by atoms with Crippen molar-refractivity contribution in [1.29, 1.82) is 0 Å². The van der Waals surface area contributed by atoms with Crippen LogP contribution in [0.4, 0.5) is 0 Å². The zero-order valence-electron chi connectivity index (χ0n) is 15.3. The summed E-state index contributed by atoms with van der Waals surface area (Å²) in [6.45, 7) is 6.75. The highest BCUT2D eigenvalue weighted by molar-refractivity contribution is 7.85. The number of carboxylic acids is 1. The SMILES string of the molecule is COC(=O)C(C)(C)CCS(=O)CCCS(=O)CCC(C)(C)C(=O)O. The first kappa shape index (κ1) is 23.2. The van der Waals surface area contributed by atoms with Gasteiger partial charge in [-0.05, 0) is 47.0 Å². The molecular weight excluding hydrogens is 352 g/mol. The van der Waals surface area contributed by atoms with Crippen molar-refractivity contribution in [3.63, 3.8) is 0 Å². The van der Waals surface area contributed by atoms with Gasteiger partial charge in [-0.3, -0.25) is 18.0 Å². The van der Waals surface area contributed by atoms with Crippen molar-refractivity contribution >= 4 is 33.5 Å². The Morgan fingerprint density at radius 2 is 1.29 bits per heavy atom. The molecule has 0 aromatic rings. The van der Waals surface area contributed by atoms with E-state index < -0.39 is 38.4 Å². The first-order chi connectivity index (χ1) is 10.9. The second-order valence-corrected chi connectivity index (χ2v) is 10.5. The number of esters is 1. The molecule has 2 unspecified atom stereocenters. The lowest BCUT2D eigenvalue weighted by Crippen LogP contribution is -2.28. The molecule has 8 heteroatoms. The van der Waals surface area contributed by atoms with Crippen molar-refractivity contribution < 1.29 is 27.9 Å². The molecule has 0 rings (SSSR count). The minimum atomic E-state index is -1.10. The average Bonchev–Trinajstić information content (AvgIpc) is 2.50. The lowest BCUT2D eigenvalue weighted by molar-refractivity contribution is -0.150. The molecule has 0 aliphatic carbocycles. The van der Waals surface area contributed by atoms with Crippen molar-refractivity contribution in [2.45, 2.75) is 47.0 Å². The molecule has 6 nitrogen and oxygen atoms in total. The van der Waals surface area contributed by atoms with Gasteiger partial charge in [0.05, 0.1) is 17.9 Å². The molecule has 0 bridgehead atoms. The average molecular weight is 383 g/mol. The van der Waals surface area contributed by atoms with Gasteiger partial charge in [0, 0.05) is 44.6 Å². The number of carbonyl (C=O) groups excluding carboxylic acids is 1. The fourth-order valence-corrected chi connectivity index (χ4v) is 4.81. The van der Waals surface area contributed by atoms with Crippen LogP contribution in [0, 0.1) is 10.8 Å². The minimum absolute atomic E-state index is 0.318. The lowest BCUT2D eigenvalue weighted by Gasteiger charge is -2.20. The highest BCUT2D eigenvalue weighted by Crippen LogP contribution is 2.22. The van der Waals surface area contributed by atoms with Gasteiger partial charge >= 0.3 is 11.9 Å². The van der Waals surface area contributed by atoms with E-state index in [2.05, 4.69) is 0 Å². The van der Waals surface area contributed by atoms with Crippen molar-refractivity contribution in [3.05, 3.63) is 0 Å². The number of rotatable bonds is 12. The number of hydrogen-bond donors (Lipinski definition) is 1. The summed E-state index contributed by atoms with van der Waals surface area (Å²) in [5, 5.41) is 9.01. The van der Waals surface area contributed by atoms with Gasteiger partial charge in [-0.25, -0.2) is 0 Å². The number of carboxylic acid groups (broad SMARTS) is 1. The van der Waals surface area contributed by atoms with Gasteiger partial charge < -0.3 is 9.84 Å². The molecule has 2 atom stereocenters.